The third-order valence-electron chi connectivity index (χ3n) is 3.51. The molecule has 1 unspecified atom stereocenters. The van der Waals surface area contributed by atoms with Crippen LogP contribution in [-0.2, 0) is 11.3 Å². The highest BCUT2D eigenvalue weighted by Crippen LogP contribution is 2.21. The van der Waals surface area contributed by atoms with Gasteiger partial charge >= 0.3 is 0 Å². The second-order valence-corrected chi connectivity index (χ2v) is 5.74. The molecule has 0 aliphatic rings. The van der Waals surface area contributed by atoms with E-state index in [9.17, 15) is 0 Å². The number of hydrogen-bond donors (Lipinski definition) is 1. The number of thiocarbonyl (C=S) groups is 1. The first-order chi connectivity index (χ1) is 9.49. The minimum atomic E-state index is 0.372. The van der Waals surface area contributed by atoms with Gasteiger partial charge in [-0.25, -0.2) is 0 Å². The van der Waals surface area contributed by atoms with Gasteiger partial charge in [0.2, 0.25) is 0 Å². The zero-order valence-electron chi connectivity index (χ0n) is 12.4. The molecule has 0 radical (unpaired) electrons. The molecule has 1 aromatic rings. The topological polar surface area (TPSA) is 38.5 Å². The van der Waals surface area contributed by atoms with Crippen LogP contribution in [0.25, 0.3) is 0 Å². The standard InChI is InChI=1S/C15H23ClN2OS/c1-4-11(2)18(7-8-19-3)10-13-6-5-12(15(17)20)9-14(13)16/h5-6,9,11H,4,7-8,10H2,1-3H3,(H2,17,20). The molecule has 2 N–H and O–H groups in total. The average Bonchev–Trinajstić information content (AvgIpc) is 2.43. The summed E-state index contributed by atoms with van der Waals surface area (Å²) in [5.74, 6) is 0. The van der Waals surface area contributed by atoms with Crippen molar-refractivity contribution in [2.24, 2.45) is 5.73 Å². The zero-order chi connectivity index (χ0) is 15.1. The number of rotatable bonds is 8. The molecule has 0 saturated heterocycles. The summed E-state index contributed by atoms with van der Waals surface area (Å²) in [4.78, 5) is 2.74. The molecule has 0 heterocycles. The number of hydrogen-bond acceptors (Lipinski definition) is 3. The SMILES string of the molecule is CCC(C)N(CCOC)Cc1ccc(C(N)=S)cc1Cl. The highest BCUT2D eigenvalue weighted by atomic mass is 35.5. The van der Waals surface area contributed by atoms with Crippen molar-refractivity contribution in [3.05, 3.63) is 34.3 Å². The minimum absolute atomic E-state index is 0.372. The summed E-state index contributed by atoms with van der Waals surface area (Å²) in [6.07, 6.45) is 1.09. The number of methoxy groups -OCH3 is 1. The molecule has 0 aromatic heterocycles. The van der Waals surface area contributed by atoms with Crippen molar-refractivity contribution in [1.82, 2.24) is 4.90 Å². The predicted octanol–water partition coefficient (Wildman–Crippen LogP) is 3.22. The molecule has 0 saturated carbocycles. The van der Waals surface area contributed by atoms with E-state index >= 15 is 0 Å². The van der Waals surface area contributed by atoms with E-state index in [2.05, 4.69) is 18.7 Å². The quantitative estimate of drug-likeness (QED) is 0.748. The Morgan fingerprint density at radius 3 is 2.70 bits per heavy atom. The van der Waals surface area contributed by atoms with Crippen LogP contribution in [-0.4, -0.2) is 36.2 Å². The smallest absolute Gasteiger partial charge is 0.104 e. The second-order valence-electron chi connectivity index (χ2n) is 4.89. The summed E-state index contributed by atoms with van der Waals surface area (Å²) in [7, 11) is 1.72. The van der Waals surface area contributed by atoms with E-state index in [1.165, 1.54) is 0 Å². The fraction of sp³-hybridized carbons (Fsp3) is 0.533. The van der Waals surface area contributed by atoms with Gasteiger partial charge in [0.05, 0.1) is 6.61 Å². The van der Waals surface area contributed by atoms with Crippen LogP contribution in [0.3, 0.4) is 0 Å². The maximum Gasteiger partial charge on any atom is 0.104 e. The van der Waals surface area contributed by atoms with Gasteiger partial charge in [0, 0.05) is 36.8 Å². The van der Waals surface area contributed by atoms with Crippen LogP contribution in [0.4, 0.5) is 0 Å². The van der Waals surface area contributed by atoms with Crippen molar-refractivity contribution in [3.63, 3.8) is 0 Å². The number of ether oxygens (including phenoxy) is 1. The minimum Gasteiger partial charge on any atom is -0.389 e. The van der Waals surface area contributed by atoms with Crippen molar-refractivity contribution in [3.8, 4) is 0 Å². The van der Waals surface area contributed by atoms with Gasteiger partial charge in [0.15, 0.2) is 0 Å². The van der Waals surface area contributed by atoms with Crippen molar-refractivity contribution in [1.29, 1.82) is 0 Å². The molecule has 0 amide bonds. The van der Waals surface area contributed by atoms with Crippen molar-refractivity contribution < 1.29 is 4.74 Å². The third kappa shape index (κ3) is 5.02. The fourth-order valence-corrected chi connectivity index (χ4v) is 2.34. The highest BCUT2D eigenvalue weighted by Gasteiger charge is 2.14. The number of nitrogens with two attached hydrogens (primary N) is 1. The lowest BCUT2D eigenvalue weighted by Crippen LogP contribution is -2.35. The van der Waals surface area contributed by atoms with E-state index in [0.717, 1.165) is 30.6 Å². The molecular weight excluding hydrogens is 292 g/mol. The lowest BCUT2D eigenvalue weighted by molar-refractivity contribution is 0.118. The summed E-state index contributed by atoms with van der Waals surface area (Å²) >= 11 is 11.3. The molecule has 0 aliphatic heterocycles. The molecule has 1 atom stereocenters. The number of benzene rings is 1. The molecule has 0 bridgehead atoms. The monoisotopic (exact) mass is 314 g/mol. The van der Waals surface area contributed by atoms with Gasteiger partial charge in [-0.2, -0.15) is 0 Å². The molecule has 1 rings (SSSR count). The summed E-state index contributed by atoms with van der Waals surface area (Å²) in [6, 6.07) is 6.24. The molecule has 5 heteroatoms. The van der Waals surface area contributed by atoms with Crippen LogP contribution in [0.1, 0.15) is 31.4 Å². The van der Waals surface area contributed by atoms with E-state index < -0.39 is 0 Å². The van der Waals surface area contributed by atoms with Gasteiger partial charge in [-0.3, -0.25) is 4.90 Å². The average molecular weight is 315 g/mol. The van der Waals surface area contributed by atoms with Crippen molar-refractivity contribution in [2.75, 3.05) is 20.3 Å². The molecule has 1 aromatic carbocycles. The largest absolute Gasteiger partial charge is 0.389 e. The van der Waals surface area contributed by atoms with Crippen molar-refractivity contribution >= 4 is 28.8 Å². The Morgan fingerprint density at radius 2 is 2.20 bits per heavy atom. The molecule has 3 nitrogen and oxygen atoms in total. The Bertz CT molecular complexity index is 453. The Kier molecular flexibility index (Phi) is 7.45. The van der Waals surface area contributed by atoms with Gasteiger partial charge in [-0.15, -0.1) is 0 Å². The summed E-state index contributed by atoms with van der Waals surface area (Å²) in [6.45, 7) is 6.80. The van der Waals surface area contributed by atoms with Crippen LogP contribution in [0, 0.1) is 0 Å². The van der Waals surface area contributed by atoms with Crippen LogP contribution in [0.2, 0.25) is 5.02 Å². The van der Waals surface area contributed by atoms with Crippen LogP contribution in [0.15, 0.2) is 18.2 Å². The van der Waals surface area contributed by atoms with Gasteiger partial charge in [-0.1, -0.05) is 42.9 Å². The van der Waals surface area contributed by atoms with E-state index in [1.54, 1.807) is 7.11 Å². The van der Waals surface area contributed by atoms with E-state index in [-0.39, 0.29) is 0 Å². The van der Waals surface area contributed by atoms with Gasteiger partial charge < -0.3 is 10.5 Å². The first-order valence-electron chi connectivity index (χ1n) is 6.80. The Hall–Kier alpha value is -0.680. The van der Waals surface area contributed by atoms with Gasteiger partial charge in [0.1, 0.15) is 4.99 Å². The summed E-state index contributed by atoms with van der Waals surface area (Å²) in [5, 5.41) is 0.709. The molecular formula is C15H23ClN2OS. The van der Waals surface area contributed by atoms with E-state index in [1.807, 2.05) is 18.2 Å². The highest BCUT2D eigenvalue weighted by molar-refractivity contribution is 7.80. The molecule has 0 fully saturated rings. The summed E-state index contributed by atoms with van der Waals surface area (Å²) < 4.78 is 5.18. The van der Waals surface area contributed by atoms with Crippen LogP contribution >= 0.6 is 23.8 Å². The lowest BCUT2D eigenvalue weighted by atomic mass is 10.1. The second kappa shape index (κ2) is 8.57. The van der Waals surface area contributed by atoms with Crippen LogP contribution in [0.5, 0.6) is 0 Å². The van der Waals surface area contributed by atoms with E-state index in [0.29, 0.717) is 22.7 Å². The maximum atomic E-state index is 6.33. The lowest BCUT2D eigenvalue weighted by Gasteiger charge is -2.28. The maximum absolute atomic E-state index is 6.33. The summed E-state index contributed by atoms with van der Waals surface area (Å²) in [5.41, 5.74) is 7.51. The Morgan fingerprint density at radius 1 is 1.50 bits per heavy atom. The third-order valence-corrected chi connectivity index (χ3v) is 4.10. The first kappa shape index (κ1) is 17.4. The first-order valence-corrected chi connectivity index (χ1v) is 7.59. The Labute approximate surface area is 132 Å². The molecule has 0 aliphatic carbocycles. The van der Waals surface area contributed by atoms with Crippen molar-refractivity contribution in [2.45, 2.75) is 32.9 Å². The Balaban J connectivity index is 2.84. The van der Waals surface area contributed by atoms with Gasteiger partial charge in [-0.05, 0) is 25.0 Å². The number of halogens is 1. The van der Waals surface area contributed by atoms with Gasteiger partial charge in [0.25, 0.3) is 0 Å². The zero-order valence-corrected chi connectivity index (χ0v) is 13.9. The molecule has 20 heavy (non-hydrogen) atoms. The number of nitrogens with zero attached hydrogens (tertiary/aromatic N) is 1. The van der Waals surface area contributed by atoms with Crippen LogP contribution < -0.4 is 5.73 Å². The molecule has 112 valence electrons. The van der Waals surface area contributed by atoms with E-state index in [4.69, 9.17) is 34.3 Å². The predicted molar refractivity (Wildman–Crippen MR) is 89.4 cm³/mol. The normalized spacial score (nSPS) is 12.7. The fourth-order valence-electron chi connectivity index (χ4n) is 1.97. The molecule has 0 spiro atoms.